The van der Waals surface area contributed by atoms with Crippen LogP contribution in [0.1, 0.15) is 0 Å². The maximum absolute atomic E-state index is 2.44. The summed E-state index contributed by atoms with van der Waals surface area (Å²) in [7, 11) is 0. The van der Waals surface area contributed by atoms with Crippen molar-refractivity contribution in [2.45, 2.75) is 0 Å². The fraction of sp³-hybridized carbons (Fsp3) is 0. The molecule has 8 aromatic carbocycles. The van der Waals surface area contributed by atoms with Crippen LogP contribution in [0.2, 0.25) is 0 Å². The third kappa shape index (κ3) is 4.29. The van der Waals surface area contributed by atoms with Gasteiger partial charge >= 0.3 is 0 Å². The van der Waals surface area contributed by atoms with Crippen molar-refractivity contribution < 1.29 is 0 Å². The van der Waals surface area contributed by atoms with E-state index in [-0.39, 0.29) is 0 Å². The summed E-state index contributed by atoms with van der Waals surface area (Å²) in [5, 5.41) is 7.72. The molecule has 0 N–H and O–H groups in total. The Hall–Kier alpha value is -6.42. The normalized spacial score (nSPS) is 11.9. The first kappa shape index (κ1) is 28.4. The number of para-hydroxylation sites is 3. The number of hydrogen-bond acceptors (Lipinski definition) is 1. The summed E-state index contributed by atoms with van der Waals surface area (Å²) in [5.41, 5.74) is 12.1. The maximum Gasteiger partial charge on any atom is 0.0547 e. The monoisotopic (exact) mass is 666 g/mol. The highest BCUT2D eigenvalue weighted by Crippen LogP contribution is 2.43. The van der Waals surface area contributed by atoms with Gasteiger partial charge in [-0.1, -0.05) is 121 Å². The average molecular weight is 667 g/mol. The molecule has 0 aliphatic carbocycles. The summed E-state index contributed by atoms with van der Waals surface area (Å²) in [6.07, 6.45) is 0. The van der Waals surface area contributed by atoms with Gasteiger partial charge in [-0.3, -0.25) is 0 Å². The minimum atomic E-state index is 1.16. The largest absolute Gasteiger partial charge is 0.309 e. The molecule has 11 rings (SSSR count). The first-order valence-electron chi connectivity index (χ1n) is 17.4. The molecule has 0 amide bonds. The Balaban J connectivity index is 1.15. The van der Waals surface area contributed by atoms with Crippen LogP contribution in [0.4, 0.5) is 0 Å². The van der Waals surface area contributed by atoms with Crippen molar-refractivity contribution in [2.75, 3.05) is 0 Å². The predicted molar refractivity (Wildman–Crippen MR) is 219 cm³/mol. The molecule has 51 heavy (non-hydrogen) atoms. The molecule has 0 bridgehead atoms. The number of fused-ring (bicyclic) bond motifs is 9. The molecule has 3 aromatic heterocycles. The summed E-state index contributed by atoms with van der Waals surface area (Å²) in [6, 6.07) is 66.7. The Kier molecular flexibility index (Phi) is 6.16. The zero-order chi connectivity index (χ0) is 33.5. The highest BCUT2D eigenvalue weighted by molar-refractivity contribution is 7.25. The molecule has 2 nitrogen and oxygen atoms in total. The van der Waals surface area contributed by atoms with Crippen molar-refractivity contribution in [1.29, 1.82) is 0 Å². The fourth-order valence-corrected chi connectivity index (χ4v) is 9.39. The van der Waals surface area contributed by atoms with E-state index in [1.54, 1.807) is 0 Å². The van der Waals surface area contributed by atoms with E-state index in [0.29, 0.717) is 0 Å². The van der Waals surface area contributed by atoms with Gasteiger partial charge in [0.2, 0.25) is 0 Å². The standard InChI is InChI=1S/C48H30N2S/c1-3-12-34(13-4-1)49-42-19-9-7-16-37(42)38-25-22-31(28-44(38)49)32-23-27-41-45(29-32)50(35-14-5-2-6-15-35)43-20-11-18-36(48(41)43)33-24-26-40-39-17-8-10-21-46(39)51-47(40)30-33/h1-30H. The van der Waals surface area contributed by atoms with Crippen molar-refractivity contribution in [3.63, 3.8) is 0 Å². The molecule has 0 unspecified atom stereocenters. The number of thiophene rings is 1. The van der Waals surface area contributed by atoms with Crippen LogP contribution in [0, 0.1) is 0 Å². The second-order valence-electron chi connectivity index (χ2n) is 13.3. The highest BCUT2D eigenvalue weighted by atomic mass is 32.1. The molecule has 0 saturated carbocycles. The fourth-order valence-electron chi connectivity index (χ4n) is 8.24. The van der Waals surface area contributed by atoms with E-state index in [2.05, 4.69) is 191 Å². The number of hydrogen-bond donors (Lipinski definition) is 0. The van der Waals surface area contributed by atoms with Gasteiger partial charge in [-0.15, -0.1) is 11.3 Å². The summed E-state index contributed by atoms with van der Waals surface area (Å²) in [4.78, 5) is 0. The SMILES string of the molecule is c1ccc(-n2c3ccccc3c3ccc(-c4ccc5c6c(-c7ccc8c(c7)sc7ccccc78)cccc6n(-c6ccccc6)c5c4)cc32)cc1. The van der Waals surface area contributed by atoms with E-state index in [4.69, 9.17) is 0 Å². The van der Waals surface area contributed by atoms with Crippen molar-refractivity contribution in [1.82, 2.24) is 9.13 Å². The van der Waals surface area contributed by atoms with E-state index in [0.717, 1.165) is 5.69 Å². The molecule has 0 spiro atoms. The summed E-state index contributed by atoms with van der Waals surface area (Å²) in [6.45, 7) is 0. The second-order valence-corrected chi connectivity index (χ2v) is 14.4. The van der Waals surface area contributed by atoms with Gasteiger partial charge in [-0.25, -0.2) is 0 Å². The average Bonchev–Trinajstić information content (AvgIpc) is 3.85. The number of benzene rings is 8. The quantitative estimate of drug-likeness (QED) is 0.177. The van der Waals surface area contributed by atoms with Crippen LogP contribution < -0.4 is 0 Å². The Morgan fingerprint density at radius 1 is 0.314 bits per heavy atom. The van der Waals surface area contributed by atoms with E-state index in [9.17, 15) is 0 Å². The van der Waals surface area contributed by atoms with Crippen LogP contribution in [0.3, 0.4) is 0 Å². The van der Waals surface area contributed by atoms with Gasteiger partial charge in [-0.2, -0.15) is 0 Å². The molecule has 0 atom stereocenters. The van der Waals surface area contributed by atoms with E-state index < -0.39 is 0 Å². The van der Waals surface area contributed by atoms with Crippen LogP contribution >= 0.6 is 11.3 Å². The molecule has 0 fully saturated rings. The zero-order valence-electron chi connectivity index (χ0n) is 27.6. The Morgan fingerprint density at radius 3 is 1.61 bits per heavy atom. The Morgan fingerprint density at radius 2 is 0.843 bits per heavy atom. The molecule has 0 aliphatic heterocycles. The summed E-state index contributed by atoms with van der Waals surface area (Å²) >= 11 is 1.88. The molecule has 3 heterocycles. The van der Waals surface area contributed by atoms with Crippen molar-refractivity contribution in [2.24, 2.45) is 0 Å². The molecule has 0 aliphatic rings. The molecule has 11 aromatic rings. The Labute approximate surface area is 298 Å². The van der Waals surface area contributed by atoms with E-state index >= 15 is 0 Å². The molecule has 0 radical (unpaired) electrons. The highest BCUT2D eigenvalue weighted by Gasteiger charge is 2.19. The van der Waals surface area contributed by atoms with Gasteiger partial charge in [-0.05, 0) is 82.9 Å². The first-order chi connectivity index (χ1) is 25.3. The zero-order valence-corrected chi connectivity index (χ0v) is 28.4. The lowest BCUT2D eigenvalue weighted by Crippen LogP contribution is -1.94. The number of nitrogens with zero attached hydrogens (tertiary/aromatic N) is 2. The van der Waals surface area contributed by atoms with Gasteiger partial charge < -0.3 is 9.13 Å². The Bertz CT molecular complexity index is 3130. The lowest BCUT2D eigenvalue weighted by Gasteiger charge is -2.10. The number of rotatable bonds is 4. The minimum absolute atomic E-state index is 1.16. The predicted octanol–water partition coefficient (Wildman–Crippen LogP) is 13.6. The van der Waals surface area contributed by atoms with E-state index in [1.165, 1.54) is 91.7 Å². The van der Waals surface area contributed by atoms with Crippen LogP contribution in [-0.2, 0) is 0 Å². The van der Waals surface area contributed by atoms with Gasteiger partial charge in [0.05, 0.1) is 22.1 Å². The molecule has 238 valence electrons. The number of aromatic nitrogens is 2. The van der Waals surface area contributed by atoms with Crippen LogP contribution in [-0.4, -0.2) is 9.13 Å². The third-order valence-corrected chi connectivity index (χ3v) is 11.7. The first-order valence-corrected chi connectivity index (χ1v) is 18.3. The van der Waals surface area contributed by atoms with Gasteiger partial charge in [0.15, 0.2) is 0 Å². The minimum Gasteiger partial charge on any atom is -0.309 e. The van der Waals surface area contributed by atoms with Gasteiger partial charge in [0, 0.05) is 53.1 Å². The molecule has 3 heteroatoms. The summed E-state index contributed by atoms with van der Waals surface area (Å²) in [5.74, 6) is 0. The lowest BCUT2D eigenvalue weighted by atomic mass is 9.97. The van der Waals surface area contributed by atoms with Crippen molar-refractivity contribution in [3.8, 4) is 33.6 Å². The van der Waals surface area contributed by atoms with E-state index in [1.807, 2.05) is 11.3 Å². The van der Waals surface area contributed by atoms with Crippen LogP contribution in [0.5, 0.6) is 0 Å². The van der Waals surface area contributed by atoms with Gasteiger partial charge in [0.1, 0.15) is 0 Å². The molecular formula is C48H30N2S. The lowest BCUT2D eigenvalue weighted by molar-refractivity contribution is 1.18. The van der Waals surface area contributed by atoms with Crippen molar-refractivity contribution in [3.05, 3.63) is 182 Å². The van der Waals surface area contributed by atoms with Crippen molar-refractivity contribution >= 4 is 75.1 Å². The third-order valence-electron chi connectivity index (χ3n) is 10.5. The second kappa shape index (κ2) is 11.0. The van der Waals surface area contributed by atoms with Crippen LogP contribution in [0.25, 0.3) is 97.4 Å². The molecular weight excluding hydrogens is 637 g/mol. The summed E-state index contributed by atoms with van der Waals surface area (Å²) < 4.78 is 7.49. The van der Waals surface area contributed by atoms with Gasteiger partial charge in [0.25, 0.3) is 0 Å². The maximum atomic E-state index is 2.44. The molecule has 0 saturated heterocycles. The van der Waals surface area contributed by atoms with Crippen LogP contribution in [0.15, 0.2) is 182 Å². The topological polar surface area (TPSA) is 9.86 Å². The smallest absolute Gasteiger partial charge is 0.0547 e.